The number of ether oxygens (including phenoxy) is 1. The second-order valence-electron chi connectivity index (χ2n) is 6.12. The molecule has 2 N–H and O–H groups in total. The molecule has 0 aromatic heterocycles. The Morgan fingerprint density at radius 2 is 2.08 bits per heavy atom. The molecule has 1 aromatic carbocycles. The lowest BCUT2D eigenvalue weighted by molar-refractivity contribution is -0.0123. The maximum atomic E-state index is 12.2. The first-order valence-corrected chi connectivity index (χ1v) is 9.33. The lowest BCUT2D eigenvalue weighted by Crippen LogP contribution is -2.59. The zero-order chi connectivity index (χ0) is 16.8. The van der Waals surface area contributed by atoms with Crippen molar-refractivity contribution in [3.63, 3.8) is 0 Å². The van der Waals surface area contributed by atoms with Crippen molar-refractivity contribution < 1.29 is 9.53 Å². The monoisotopic (exact) mass is 346 g/mol. The van der Waals surface area contributed by atoms with Crippen LogP contribution in [-0.4, -0.2) is 60.8 Å². The number of hydrogen-bond donors (Lipinski definition) is 2. The fourth-order valence-corrected chi connectivity index (χ4v) is 4.66. The first-order chi connectivity index (χ1) is 11.7. The predicted octanol–water partition coefficient (Wildman–Crippen LogP) is 1.89. The van der Waals surface area contributed by atoms with Crippen molar-refractivity contribution in [3.8, 4) is 6.07 Å². The topological polar surface area (TPSA) is 77.4 Å². The van der Waals surface area contributed by atoms with Crippen LogP contribution in [0.4, 0.5) is 10.5 Å². The maximum Gasteiger partial charge on any atom is 0.319 e. The number of urea groups is 1. The molecule has 3 rings (SSSR count). The Bertz CT molecular complexity index is 602. The van der Waals surface area contributed by atoms with Crippen LogP contribution < -0.4 is 10.6 Å². The number of carbonyl (C=O) groups excluding carboxylic acids is 1. The van der Waals surface area contributed by atoms with Gasteiger partial charge in [-0.05, 0) is 36.4 Å². The van der Waals surface area contributed by atoms with E-state index in [1.807, 2.05) is 11.8 Å². The van der Waals surface area contributed by atoms with Crippen LogP contribution in [0.25, 0.3) is 0 Å². The first kappa shape index (κ1) is 17.1. The summed E-state index contributed by atoms with van der Waals surface area (Å²) in [5, 5.41) is 14.7. The number of hydrogen-bond acceptors (Lipinski definition) is 5. The lowest BCUT2D eigenvalue weighted by atomic mass is 9.95. The molecule has 1 atom stereocenters. The summed E-state index contributed by atoms with van der Waals surface area (Å²) < 4.78 is 5.46. The summed E-state index contributed by atoms with van der Waals surface area (Å²) in [6.07, 6.45) is 1.09. The van der Waals surface area contributed by atoms with Crippen LogP contribution >= 0.6 is 11.8 Å². The summed E-state index contributed by atoms with van der Waals surface area (Å²) in [5.74, 6) is 2.18. The number of thioether (sulfide) groups is 1. The molecule has 0 spiro atoms. The van der Waals surface area contributed by atoms with E-state index in [1.54, 1.807) is 24.3 Å². The molecule has 6 nitrogen and oxygen atoms in total. The van der Waals surface area contributed by atoms with E-state index < -0.39 is 0 Å². The van der Waals surface area contributed by atoms with Gasteiger partial charge in [-0.2, -0.15) is 17.0 Å². The van der Waals surface area contributed by atoms with Crippen LogP contribution in [0.1, 0.15) is 12.0 Å². The molecule has 2 aliphatic rings. The summed E-state index contributed by atoms with van der Waals surface area (Å²) >= 11 is 1.95. The average molecular weight is 346 g/mol. The van der Waals surface area contributed by atoms with Crippen LogP contribution in [0.15, 0.2) is 24.3 Å². The van der Waals surface area contributed by atoms with Gasteiger partial charge < -0.3 is 15.4 Å². The molecule has 7 heteroatoms. The van der Waals surface area contributed by atoms with Crippen LogP contribution in [0, 0.1) is 11.3 Å². The SMILES string of the molecule is N#Cc1ccc(NC(=O)NC[C@]2(N3CCOCC3)CCSC2)cc1. The summed E-state index contributed by atoms with van der Waals surface area (Å²) in [6, 6.07) is 8.72. The van der Waals surface area contributed by atoms with Gasteiger partial charge in [0.15, 0.2) is 0 Å². The summed E-state index contributed by atoms with van der Waals surface area (Å²) in [7, 11) is 0. The molecule has 2 aliphatic heterocycles. The van der Waals surface area contributed by atoms with Crippen molar-refractivity contribution in [1.29, 1.82) is 5.26 Å². The van der Waals surface area contributed by atoms with Gasteiger partial charge in [0.1, 0.15) is 0 Å². The number of benzene rings is 1. The Labute approximate surface area is 146 Å². The Morgan fingerprint density at radius 3 is 2.71 bits per heavy atom. The van der Waals surface area contributed by atoms with Crippen molar-refractivity contribution in [2.24, 2.45) is 0 Å². The molecule has 2 amide bonds. The van der Waals surface area contributed by atoms with E-state index in [1.165, 1.54) is 0 Å². The van der Waals surface area contributed by atoms with Crippen molar-refractivity contribution in [2.75, 3.05) is 49.7 Å². The quantitative estimate of drug-likeness (QED) is 0.870. The number of rotatable bonds is 4. The maximum absolute atomic E-state index is 12.2. The minimum atomic E-state index is -0.204. The molecule has 24 heavy (non-hydrogen) atoms. The largest absolute Gasteiger partial charge is 0.379 e. The number of nitriles is 1. The second kappa shape index (κ2) is 7.88. The third-order valence-electron chi connectivity index (χ3n) is 4.61. The van der Waals surface area contributed by atoms with Gasteiger partial charge in [0.25, 0.3) is 0 Å². The van der Waals surface area contributed by atoms with Gasteiger partial charge in [0, 0.05) is 36.6 Å². The zero-order valence-electron chi connectivity index (χ0n) is 13.6. The van der Waals surface area contributed by atoms with Crippen LogP contribution in [-0.2, 0) is 4.74 Å². The van der Waals surface area contributed by atoms with Crippen molar-refractivity contribution in [2.45, 2.75) is 12.0 Å². The number of nitrogens with zero attached hydrogens (tertiary/aromatic N) is 2. The molecule has 0 bridgehead atoms. The Morgan fingerprint density at radius 1 is 1.33 bits per heavy atom. The second-order valence-corrected chi connectivity index (χ2v) is 7.23. The van der Waals surface area contributed by atoms with Gasteiger partial charge in [0.2, 0.25) is 0 Å². The van der Waals surface area contributed by atoms with E-state index in [0.717, 1.165) is 44.2 Å². The number of nitrogens with one attached hydrogen (secondary N) is 2. The molecule has 2 saturated heterocycles. The molecule has 2 heterocycles. The van der Waals surface area contributed by atoms with E-state index in [9.17, 15) is 4.79 Å². The highest BCUT2D eigenvalue weighted by Gasteiger charge is 2.40. The van der Waals surface area contributed by atoms with Crippen LogP contribution in [0.2, 0.25) is 0 Å². The Hall–Kier alpha value is -1.75. The van der Waals surface area contributed by atoms with E-state index in [2.05, 4.69) is 21.6 Å². The van der Waals surface area contributed by atoms with Gasteiger partial charge >= 0.3 is 6.03 Å². The fourth-order valence-electron chi connectivity index (χ4n) is 3.18. The number of anilines is 1. The molecular formula is C17H22N4O2S. The average Bonchev–Trinajstić information content (AvgIpc) is 3.12. The van der Waals surface area contributed by atoms with Crippen molar-refractivity contribution in [3.05, 3.63) is 29.8 Å². The van der Waals surface area contributed by atoms with Gasteiger partial charge in [-0.25, -0.2) is 4.79 Å². The minimum absolute atomic E-state index is 0.0381. The van der Waals surface area contributed by atoms with Gasteiger partial charge in [-0.15, -0.1) is 0 Å². The third-order valence-corrected chi connectivity index (χ3v) is 5.85. The zero-order valence-corrected chi connectivity index (χ0v) is 14.4. The van der Waals surface area contributed by atoms with Gasteiger partial charge in [0.05, 0.1) is 24.8 Å². The van der Waals surface area contributed by atoms with Crippen LogP contribution in [0.3, 0.4) is 0 Å². The van der Waals surface area contributed by atoms with E-state index in [4.69, 9.17) is 10.00 Å². The normalized spacial score (nSPS) is 24.3. The molecule has 0 saturated carbocycles. The molecule has 0 aliphatic carbocycles. The molecule has 128 valence electrons. The highest BCUT2D eigenvalue weighted by molar-refractivity contribution is 7.99. The summed E-state index contributed by atoms with van der Waals surface area (Å²) in [6.45, 7) is 4.04. The Kier molecular flexibility index (Phi) is 5.61. The van der Waals surface area contributed by atoms with Crippen LogP contribution in [0.5, 0.6) is 0 Å². The smallest absolute Gasteiger partial charge is 0.319 e. The highest BCUT2D eigenvalue weighted by Crippen LogP contribution is 2.33. The first-order valence-electron chi connectivity index (χ1n) is 8.17. The number of morpholine rings is 1. The highest BCUT2D eigenvalue weighted by atomic mass is 32.2. The lowest BCUT2D eigenvalue weighted by Gasteiger charge is -2.43. The number of amides is 2. The van der Waals surface area contributed by atoms with E-state index in [0.29, 0.717) is 17.8 Å². The summed E-state index contributed by atoms with van der Waals surface area (Å²) in [4.78, 5) is 14.7. The van der Waals surface area contributed by atoms with Crippen molar-refractivity contribution in [1.82, 2.24) is 10.2 Å². The minimum Gasteiger partial charge on any atom is -0.379 e. The molecule has 0 unspecified atom stereocenters. The molecular weight excluding hydrogens is 324 g/mol. The Balaban J connectivity index is 1.56. The fraction of sp³-hybridized carbons (Fsp3) is 0.529. The molecule has 0 radical (unpaired) electrons. The van der Waals surface area contributed by atoms with Crippen molar-refractivity contribution >= 4 is 23.5 Å². The third kappa shape index (κ3) is 4.01. The number of carbonyl (C=O) groups is 1. The van der Waals surface area contributed by atoms with Gasteiger partial charge in [-0.3, -0.25) is 4.90 Å². The standard InChI is InChI=1S/C17H22N4O2S/c18-11-14-1-3-15(4-2-14)20-16(22)19-12-17(5-10-24-13-17)21-6-8-23-9-7-21/h1-4H,5-10,12-13H2,(H2,19,20,22)/t17-/m1/s1. The van der Waals surface area contributed by atoms with E-state index >= 15 is 0 Å². The van der Waals surface area contributed by atoms with Gasteiger partial charge in [-0.1, -0.05) is 0 Å². The summed E-state index contributed by atoms with van der Waals surface area (Å²) in [5.41, 5.74) is 1.30. The molecule has 2 fully saturated rings. The molecule has 1 aromatic rings. The predicted molar refractivity (Wildman–Crippen MR) is 95.2 cm³/mol. The van der Waals surface area contributed by atoms with E-state index in [-0.39, 0.29) is 11.6 Å².